The molecule has 6 atom stereocenters. The first-order chi connectivity index (χ1) is 23.8. The molecule has 0 radical (unpaired) electrons. The Bertz CT molecular complexity index is 2090. The molecule has 1 N–H and O–H groups in total. The minimum atomic E-state index is -1.45. The van der Waals surface area contributed by atoms with E-state index in [9.17, 15) is 19.5 Å². The Morgan fingerprint density at radius 2 is 1.51 bits per heavy atom. The maximum Gasteiger partial charge on any atom is 0.238 e. The number of halogens is 1. The molecule has 1 heterocycles. The van der Waals surface area contributed by atoms with Gasteiger partial charge in [0.1, 0.15) is 0 Å². The van der Waals surface area contributed by atoms with Crippen molar-refractivity contribution in [2.45, 2.75) is 24.2 Å². The van der Waals surface area contributed by atoms with Gasteiger partial charge in [-0.1, -0.05) is 96.0 Å². The van der Waals surface area contributed by atoms with Crippen molar-refractivity contribution in [3.05, 3.63) is 143 Å². The van der Waals surface area contributed by atoms with Crippen molar-refractivity contribution in [1.29, 1.82) is 0 Å². The highest BCUT2D eigenvalue weighted by Gasteiger charge is 2.66. The van der Waals surface area contributed by atoms with Gasteiger partial charge in [-0.2, -0.15) is 0 Å². The Morgan fingerprint density at radius 3 is 2.20 bits per heavy atom. The maximum atomic E-state index is 15.1. The number of hydrogen-bond acceptors (Lipinski definition) is 6. The number of carbonyl (C=O) groups excluding carboxylic acids is 4. The fourth-order valence-corrected chi connectivity index (χ4v) is 9.13. The smallest absolute Gasteiger partial charge is 0.238 e. The SMILES string of the molecule is COc1cccc([C@H]2C3=CC[C@@H]4C(=O)N(c5ccc(Cl)cc5)C(=O)[C@@H]4[C@@H]3C[C@H]3C(=O)C(c4ccccc4)=CC(=O)[C@@]23c2ccccc2)c1O. The quantitative estimate of drug-likeness (QED) is 0.180. The van der Waals surface area contributed by atoms with E-state index in [0.29, 0.717) is 33.0 Å². The van der Waals surface area contributed by atoms with Crippen molar-refractivity contribution >= 4 is 46.2 Å². The summed E-state index contributed by atoms with van der Waals surface area (Å²) < 4.78 is 5.53. The van der Waals surface area contributed by atoms with Crippen LogP contribution in [0.25, 0.3) is 5.57 Å². The van der Waals surface area contributed by atoms with Gasteiger partial charge >= 0.3 is 0 Å². The molecule has 7 nitrogen and oxygen atoms in total. The number of ketones is 2. The van der Waals surface area contributed by atoms with Crippen molar-refractivity contribution < 1.29 is 29.0 Å². The number of phenolic OH excluding ortho intramolecular Hbond substituents is 1. The lowest BCUT2D eigenvalue weighted by Gasteiger charge is -2.55. The average molecular weight is 670 g/mol. The van der Waals surface area contributed by atoms with Gasteiger partial charge in [0.2, 0.25) is 11.8 Å². The van der Waals surface area contributed by atoms with E-state index in [1.54, 1.807) is 42.5 Å². The molecule has 0 spiro atoms. The lowest BCUT2D eigenvalue weighted by molar-refractivity contribution is -0.135. The molecule has 4 aromatic carbocycles. The Kier molecular flexibility index (Phi) is 7.41. The lowest BCUT2D eigenvalue weighted by atomic mass is 9.44. The van der Waals surface area contributed by atoms with Crippen molar-refractivity contribution in [3.63, 3.8) is 0 Å². The van der Waals surface area contributed by atoms with Crippen molar-refractivity contribution in [2.75, 3.05) is 12.0 Å². The molecule has 1 saturated heterocycles. The summed E-state index contributed by atoms with van der Waals surface area (Å²) in [5.41, 5.74) is 1.77. The first kappa shape index (κ1) is 31.0. The molecular weight excluding hydrogens is 638 g/mol. The van der Waals surface area contributed by atoms with Crippen LogP contribution in [0.2, 0.25) is 5.02 Å². The van der Waals surface area contributed by atoms with Crippen LogP contribution in [-0.2, 0) is 24.6 Å². The van der Waals surface area contributed by atoms with Crippen LogP contribution >= 0.6 is 11.6 Å². The predicted molar refractivity (Wildman–Crippen MR) is 185 cm³/mol. The van der Waals surface area contributed by atoms with Gasteiger partial charge in [0.25, 0.3) is 0 Å². The van der Waals surface area contributed by atoms with Gasteiger partial charge in [0.05, 0.1) is 30.0 Å². The predicted octanol–water partition coefficient (Wildman–Crippen LogP) is 7.08. The van der Waals surface area contributed by atoms with Gasteiger partial charge in [0, 0.05) is 28.0 Å². The second kappa shape index (κ2) is 11.7. The number of aromatic hydroxyl groups is 1. The molecule has 0 unspecified atom stereocenters. The van der Waals surface area contributed by atoms with Crippen LogP contribution in [0.15, 0.2) is 121 Å². The molecular formula is C41H32ClNO6. The Hall–Kier alpha value is -5.27. The van der Waals surface area contributed by atoms with Gasteiger partial charge in [-0.3, -0.25) is 24.1 Å². The number of para-hydroxylation sites is 1. The average Bonchev–Trinajstić information content (AvgIpc) is 3.39. The van der Waals surface area contributed by atoms with E-state index in [0.717, 1.165) is 5.57 Å². The molecule has 1 aliphatic heterocycles. The number of anilines is 1. The second-order valence-corrected chi connectivity index (χ2v) is 13.6. The van der Waals surface area contributed by atoms with Gasteiger partial charge in [-0.05, 0) is 66.3 Å². The number of phenols is 1. The highest BCUT2D eigenvalue weighted by atomic mass is 35.5. The number of Topliss-reactive ketones (excluding diaryl/α,β-unsaturated/α-hetero) is 1. The van der Waals surface area contributed by atoms with Gasteiger partial charge in [0.15, 0.2) is 23.1 Å². The molecule has 244 valence electrons. The minimum Gasteiger partial charge on any atom is -0.504 e. The van der Waals surface area contributed by atoms with Crippen LogP contribution in [0, 0.1) is 23.7 Å². The number of nitrogens with zero attached hydrogens (tertiary/aromatic N) is 1. The van der Waals surface area contributed by atoms with E-state index in [4.69, 9.17) is 16.3 Å². The fraction of sp³-hybridized carbons (Fsp3) is 0.220. The number of carbonyl (C=O) groups is 4. The highest BCUT2D eigenvalue weighted by Crippen LogP contribution is 2.65. The largest absolute Gasteiger partial charge is 0.504 e. The number of benzene rings is 4. The third-order valence-corrected chi connectivity index (χ3v) is 11.3. The van der Waals surface area contributed by atoms with Crippen molar-refractivity contribution in [1.82, 2.24) is 0 Å². The molecule has 49 heavy (non-hydrogen) atoms. The van der Waals surface area contributed by atoms with E-state index >= 15 is 4.79 Å². The summed E-state index contributed by atoms with van der Waals surface area (Å²) in [6.45, 7) is 0. The van der Waals surface area contributed by atoms with Crippen LogP contribution < -0.4 is 9.64 Å². The summed E-state index contributed by atoms with van der Waals surface area (Å²) >= 11 is 6.13. The van der Waals surface area contributed by atoms with Crippen LogP contribution in [0.4, 0.5) is 5.69 Å². The Labute approximate surface area is 288 Å². The summed E-state index contributed by atoms with van der Waals surface area (Å²) in [7, 11) is 1.46. The monoisotopic (exact) mass is 669 g/mol. The Morgan fingerprint density at radius 1 is 0.816 bits per heavy atom. The number of allylic oxidation sites excluding steroid dienone is 4. The number of methoxy groups -OCH3 is 1. The van der Waals surface area contributed by atoms with Crippen LogP contribution in [0.1, 0.15) is 35.4 Å². The normalized spacial score (nSPS) is 27.6. The molecule has 4 aliphatic rings. The minimum absolute atomic E-state index is 0.137. The molecule has 0 aromatic heterocycles. The summed E-state index contributed by atoms with van der Waals surface area (Å²) in [4.78, 5) is 59.8. The number of ether oxygens (including phenoxy) is 1. The summed E-state index contributed by atoms with van der Waals surface area (Å²) in [6.07, 6.45) is 3.88. The number of hydrogen-bond donors (Lipinski definition) is 1. The molecule has 1 saturated carbocycles. The van der Waals surface area contributed by atoms with E-state index < -0.39 is 35.0 Å². The summed E-state index contributed by atoms with van der Waals surface area (Å²) in [6, 6.07) is 30.2. The number of amides is 2. The third kappa shape index (κ3) is 4.48. The van der Waals surface area contributed by atoms with Gasteiger partial charge in [-0.15, -0.1) is 0 Å². The van der Waals surface area contributed by atoms with Gasteiger partial charge in [-0.25, -0.2) is 0 Å². The van der Waals surface area contributed by atoms with Gasteiger partial charge < -0.3 is 9.84 Å². The first-order valence-corrected chi connectivity index (χ1v) is 16.8. The van der Waals surface area contributed by atoms with Crippen molar-refractivity contribution in [2.24, 2.45) is 23.7 Å². The van der Waals surface area contributed by atoms with E-state index in [-0.39, 0.29) is 47.7 Å². The zero-order valence-electron chi connectivity index (χ0n) is 26.6. The number of rotatable bonds is 5. The standard InChI is InChI=1S/C41H32ClNO6/c1-49-33-14-8-13-29(38(33)46)36-27-19-20-28-35(40(48)43(39(28)47)26-17-15-25(42)16-18-26)31(27)21-32-37(45)30(23-9-4-2-5-10-23)22-34(44)41(32,36)24-11-6-3-7-12-24/h2-19,22,28,31-32,35-36,46H,20-21H2,1H3/t28-,31+,32-,35-,36+,41-/m0/s1. The number of fused-ring (bicyclic) bond motifs is 4. The summed E-state index contributed by atoms with van der Waals surface area (Å²) in [5, 5.41) is 12.2. The summed E-state index contributed by atoms with van der Waals surface area (Å²) in [5.74, 6) is -4.74. The van der Waals surface area contributed by atoms with Crippen LogP contribution in [0.5, 0.6) is 11.5 Å². The Balaban J connectivity index is 1.37. The molecule has 2 amide bonds. The van der Waals surface area contributed by atoms with Crippen LogP contribution in [-0.4, -0.2) is 35.6 Å². The van der Waals surface area contributed by atoms with Crippen molar-refractivity contribution in [3.8, 4) is 11.5 Å². The molecule has 3 aliphatic carbocycles. The van der Waals surface area contributed by atoms with E-state index in [1.165, 1.54) is 18.1 Å². The van der Waals surface area contributed by atoms with Crippen LogP contribution in [0.3, 0.4) is 0 Å². The van der Waals surface area contributed by atoms with E-state index in [2.05, 4.69) is 0 Å². The van der Waals surface area contributed by atoms with E-state index in [1.807, 2.05) is 66.7 Å². The maximum absolute atomic E-state index is 15.1. The second-order valence-electron chi connectivity index (χ2n) is 13.2. The number of imide groups is 1. The third-order valence-electron chi connectivity index (χ3n) is 11.0. The topological polar surface area (TPSA) is 101 Å². The highest BCUT2D eigenvalue weighted by molar-refractivity contribution is 6.32. The first-order valence-electron chi connectivity index (χ1n) is 16.4. The molecule has 8 heteroatoms. The zero-order valence-corrected chi connectivity index (χ0v) is 27.3. The zero-order chi connectivity index (χ0) is 34.0. The molecule has 4 aromatic rings. The molecule has 8 rings (SSSR count). The fourth-order valence-electron chi connectivity index (χ4n) is 9.00. The molecule has 0 bridgehead atoms. The lowest BCUT2D eigenvalue weighted by Crippen LogP contribution is -2.58. The molecule has 2 fully saturated rings.